The predicted molar refractivity (Wildman–Crippen MR) is 122 cm³/mol. The minimum atomic E-state index is -1.23. The minimum Gasteiger partial charge on any atom is -0.480 e. The number of carbonyl (C=O) groups is 3. The van der Waals surface area contributed by atoms with E-state index in [9.17, 15) is 14.4 Å². The maximum Gasteiger partial charge on any atom is 0.407 e. The van der Waals surface area contributed by atoms with Crippen molar-refractivity contribution in [3.63, 3.8) is 0 Å². The van der Waals surface area contributed by atoms with Crippen molar-refractivity contribution in [2.45, 2.75) is 30.9 Å². The lowest BCUT2D eigenvalue weighted by molar-refractivity contribution is -0.144. The first-order chi connectivity index (χ1) is 16.5. The number of hydrogen-bond acceptors (Lipinski definition) is 6. The molecule has 1 heterocycles. The summed E-state index contributed by atoms with van der Waals surface area (Å²) >= 11 is 0. The fraction of sp³-hybridized carbons (Fsp3) is 0.400. The normalized spacial score (nSPS) is 19.7. The van der Waals surface area contributed by atoms with Crippen LogP contribution in [0.3, 0.4) is 0 Å². The highest BCUT2D eigenvalue weighted by molar-refractivity contribution is 5.86. The third-order valence-electron chi connectivity index (χ3n) is 6.36. The molecule has 180 valence electrons. The first kappa shape index (κ1) is 23.7. The number of aliphatic carboxylic acids is 1. The number of aliphatic hydroxyl groups is 1. The van der Waals surface area contributed by atoms with E-state index >= 15 is 0 Å². The van der Waals surface area contributed by atoms with E-state index in [2.05, 4.69) is 22.8 Å². The van der Waals surface area contributed by atoms with E-state index in [0.29, 0.717) is 13.0 Å². The van der Waals surface area contributed by atoms with Gasteiger partial charge < -0.3 is 30.3 Å². The molecule has 4 N–H and O–H groups in total. The molecule has 9 heteroatoms. The molecule has 3 atom stereocenters. The van der Waals surface area contributed by atoms with Crippen LogP contribution in [-0.2, 0) is 19.1 Å². The molecular formula is C25H28N2O7. The second-order valence-corrected chi connectivity index (χ2v) is 8.46. The van der Waals surface area contributed by atoms with E-state index in [0.717, 1.165) is 22.3 Å². The molecular weight excluding hydrogens is 440 g/mol. The van der Waals surface area contributed by atoms with Crippen LogP contribution in [0.5, 0.6) is 0 Å². The van der Waals surface area contributed by atoms with E-state index < -0.39 is 30.1 Å². The monoisotopic (exact) mass is 468 g/mol. The molecule has 0 spiro atoms. The number of carboxylic acids is 1. The van der Waals surface area contributed by atoms with Gasteiger partial charge >= 0.3 is 12.1 Å². The maximum absolute atomic E-state index is 12.5. The van der Waals surface area contributed by atoms with Crippen molar-refractivity contribution in [1.82, 2.24) is 10.6 Å². The molecule has 4 rings (SSSR count). The first-order valence-electron chi connectivity index (χ1n) is 11.3. The van der Waals surface area contributed by atoms with E-state index in [-0.39, 0.29) is 38.0 Å². The molecule has 1 saturated heterocycles. The van der Waals surface area contributed by atoms with Crippen molar-refractivity contribution in [1.29, 1.82) is 0 Å². The van der Waals surface area contributed by atoms with E-state index in [4.69, 9.17) is 19.7 Å². The van der Waals surface area contributed by atoms with Gasteiger partial charge in [-0.1, -0.05) is 48.5 Å². The number of carbonyl (C=O) groups excluding carboxylic acids is 2. The topological polar surface area (TPSA) is 134 Å². The highest BCUT2D eigenvalue weighted by Crippen LogP contribution is 2.44. The Labute approximate surface area is 197 Å². The summed E-state index contributed by atoms with van der Waals surface area (Å²) in [5.41, 5.74) is 4.52. The molecule has 2 aliphatic rings. The number of amides is 2. The fourth-order valence-corrected chi connectivity index (χ4v) is 4.64. The zero-order valence-electron chi connectivity index (χ0n) is 18.6. The van der Waals surface area contributed by atoms with Gasteiger partial charge in [-0.25, -0.2) is 9.59 Å². The molecule has 0 aromatic heterocycles. The first-order valence-corrected chi connectivity index (χ1v) is 11.3. The van der Waals surface area contributed by atoms with Gasteiger partial charge in [0.1, 0.15) is 18.8 Å². The maximum atomic E-state index is 12.5. The van der Waals surface area contributed by atoms with Crippen LogP contribution < -0.4 is 10.6 Å². The molecule has 0 unspecified atom stereocenters. The van der Waals surface area contributed by atoms with Crippen LogP contribution in [0.4, 0.5) is 4.79 Å². The molecule has 2 amide bonds. The van der Waals surface area contributed by atoms with Crippen LogP contribution in [-0.4, -0.2) is 66.7 Å². The number of fused-ring (bicyclic) bond motifs is 3. The van der Waals surface area contributed by atoms with Crippen LogP contribution >= 0.6 is 0 Å². The van der Waals surface area contributed by atoms with Crippen molar-refractivity contribution < 1.29 is 34.1 Å². The average Bonchev–Trinajstić information content (AvgIpc) is 3.44. The summed E-state index contributed by atoms with van der Waals surface area (Å²) in [4.78, 5) is 36.2. The zero-order valence-corrected chi connectivity index (χ0v) is 18.6. The molecule has 1 aliphatic heterocycles. The number of rotatable bonds is 9. The van der Waals surface area contributed by atoms with Crippen molar-refractivity contribution in [2.24, 2.45) is 5.92 Å². The van der Waals surface area contributed by atoms with Gasteiger partial charge in [0.2, 0.25) is 5.91 Å². The summed E-state index contributed by atoms with van der Waals surface area (Å²) < 4.78 is 11.0. The van der Waals surface area contributed by atoms with Gasteiger partial charge in [-0.05, 0) is 28.7 Å². The SMILES string of the molecule is O=C(NC[C@@H]1CCO[C@@H]1C(=O)N[C@H](CCO)C(=O)O)OCC1c2ccccc2-c2ccccc21. The molecule has 1 aliphatic carbocycles. The van der Waals surface area contributed by atoms with Crippen LogP contribution in [0.15, 0.2) is 48.5 Å². The van der Waals surface area contributed by atoms with Crippen LogP contribution in [0.1, 0.15) is 29.9 Å². The van der Waals surface area contributed by atoms with Crippen LogP contribution in [0.25, 0.3) is 11.1 Å². The second kappa shape index (κ2) is 10.7. The molecule has 34 heavy (non-hydrogen) atoms. The molecule has 9 nitrogen and oxygen atoms in total. The van der Waals surface area contributed by atoms with Gasteiger partial charge in [0.25, 0.3) is 0 Å². The van der Waals surface area contributed by atoms with Gasteiger partial charge in [-0.3, -0.25) is 4.79 Å². The Bertz CT molecular complexity index is 1010. The predicted octanol–water partition coefficient (Wildman–Crippen LogP) is 1.88. The molecule has 0 radical (unpaired) electrons. The summed E-state index contributed by atoms with van der Waals surface area (Å²) in [6.07, 6.45) is -1.03. The Hall–Kier alpha value is -3.43. The van der Waals surface area contributed by atoms with Crippen molar-refractivity contribution in [3.05, 3.63) is 59.7 Å². The lowest BCUT2D eigenvalue weighted by Gasteiger charge is -2.21. The molecule has 1 fully saturated rings. The Morgan fingerprint density at radius 2 is 1.71 bits per heavy atom. The smallest absolute Gasteiger partial charge is 0.407 e. The highest BCUT2D eigenvalue weighted by Gasteiger charge is 2.36. The largest absolute Gasteiger partial charge is 0.480 e. The fourth-order valence-electron chi connectivity index (χ4n) is 4.64. The Balaban J connectivity index is 1.30. The molecule has 2 aromatic carbocycles. The number of ether oxygens (including phenoxy) is 2. The summed E-state index contributed by atoms with van der Waals surface area (Å²) in [5.74, 6) is -2.17. The van der Waals surface area contributed by atoms with Crippen LogP contribution in [0, 0.1) is 5.92 Å². The third kappa shape index (κ3) is 5.05. The van der Waals surface area contributed by atoms with Gasteiger partial charge in [-0.15, -0.1) is 0 Å². The van der Waals surface area contributed by atoms with Gasteiger partial charge in [0.15, 0.2) is 0 Å². The number of alkyl carbamates (subject to hydrolysis) is 1. The summed E-state index contributed by atoms with van der Waals surface area (Å²) in [7, 11) is 0. The molecule has 0 bridgehead atoms. The van der Waals surface area contributed by atoms with E-state index in [1.54, 1.807) is 0 Å². The average molecular weight is 469 g/mol. The highest BCUT2D eigenvalue weighted by atomic mass is 16.5. The van der Waals surface area contributed by atoms with Crippen molar-refractivity contribution >= 4 is 18.0 Å². The zero-order chi connectivity index (χ0) is 24.1. The quantitative estimate of drug-likeness (QED) is 0.441. The Morgan fingerprint density at radius 1 is 1.06 bits per heavy atom. The Kier molecular flexibility index (Phi) is 7.44. The summed E-state index contributed by atoms with van der Waals surface area (Å²) in [6.45, 7) is 0.307. The number of carboxylic acid groups (broad SMARTS) is 1. The molecule has 2 aromatic rings. The summed E-state index contributed by atoms with van der Waals surface area (Å²) in [5, 5.41) is 23.3. The summed E-state index contributed by atoms with van der Waals surface area (Å²) in [6, 6.07) is 14.9. The lowest BCUT2D eigenvalue weighted by Crippen LogP contribution is -2.48. The van der Waals surface area contributed by atoms with Crippen molar-refractivity contribution in [2.75, 3.05) is 26.4 Å². The third-order valence-corrected chi connectivity index (χ3v) is 6.36. The molecule has 0 saturated carbocycles. The number of aliphatic hydroxyl groups excluding tert-OH is 1. The number of benzene rings is 2. The van der Waals surface area contributed by atoms with Gasteiger partial charge in [-0.2, -0.15) is 0 Å². The number of hydrogen-bond donors (Lipinski definition) is 4. The van der Waals surface area contributed by atoms with Gasteiger partial charge in [0, 0.05) is 38.0 Å². The minimum absolute atomic E-state index is 0.0500. The second-order valence-electron chi connectivity index (χ2n) is 8.46. The van der Waals surface area contributed by atoms with Crippen LogP contribution in [0.2, 0.25) is 0 Å². The number of nitrogens with one attached hydrogen (secondary N) is 2. The van der Waals surface area contributed by atoms with E-state index in [1.807, 2.05) is 36.4 Å². The van der Waals surface area contributed by atoms with Gasteiger partial charge in [0.05, 0.1) is 0 Å². The van der Waals surface area contributed by atoms with E-state index in [1.165, 1.54) is 0 Å². The lowest BCUT2D eigenvalue weighted by atomic mass is 9.98. The Morgan fingerprint density at radius 3 is 2.32 bits per heavy atom. The standard InChI is InChI=1S/C25H28N2O7/c28-11-9-21(24(30)31)27-23(29)22-15(10-12-33-22)13-26-25(32)34-14-20-18-7-3-1-5-16(18)17-6-2-4-8-19(17)20/h1-8,15,20-22,28H,9-14H2,(H,26,32)(H,27,29)(H,30,31)/t15-,21+,22-/m0/s1. The van der Waals surface area contributed by atoms with Crippen molar-refractivity contribution in [3.8, 4) is 11.1 Å².